The summed E-state index contributed by atoms with van der Waals surface area (Å²) in [6, 6.07) is 6.37. The Kier molecular flexibility index (Phi) is 6.91. The quantitative estimate of drug-likeness (QED) is 0.712. The SMILES string of the molecule is Cl.O=C(NCCCc1ccccc1F)[C@@H]1C[C@@H](O)CN1. The molecule has 6 heteroatoms. The lowest BCUT2D eigenvalue weighted by molar-refractivity contribution is -0.122. The lowest BCUT2D eigenvalue weighted by Crippen LogP contribution is -2.40. The number of aliphatic hydroxyl groups excluding tert-OH is 1. The predicted octanol–water partition coefficient (Wildman–Crippen LogP) is 1.02. The molecule has 0 bridgehead atoms. The van der Waals surface area contributed by atoms with Crippen molar-refractivity contribution < 1.29 is 14.3 Å². The number of carbonyl (C=O) groups excluding carboxylic acids is 1. The van der Waals surface area contributed by atoms with Crippen LogP contribution < -0.4 is 10.6 Å². The summed E-state index contributed by atoms with van der Waals surface area (Å²) in [5.74, 6) is -0.292. The van der Waals surface area contributed by atoms with Gasteiger partial charge in [-0.15, -0.1) is 12.4 Å². The standard InChI is InChI=1S/C14H19FN2O2.ClH/c15-12-6-2-1-4-10(12)5-3-7-16-14(19)13-8-11(18)9-17-13;/h1-2,4,6,11,13,17-18H,3,5,7-9H2,(H,16,19);1H/t11-,13+;/m1./s1. The molecular weight excluding hydrogens is 283 g/mol. The van der Waals surface area contributed by atoms with Crippen LogP contribution in [-0.4, -0.2) is 36.2 Å². The topological polar surface area (TPSA) is 61.4 Å². The van der Waals surface area contributed by atoms with Gasteiger partial charge >= 0.3 is 0 Å². The number of aryl methyl sites for hydroxylation is 1. The maximum atomic E-state index is 13.3. The number of β-amino-alcohol motifs (C(OH)–C–C–N with tert-alkyl or cyclic N) is 1. The van der Waals surface area contributed by atoms with E-state index in [-0.39, 0.29) is 30.2 Å². The van der Waals surface area contributed by atoms with E-state index in [1.807, 2.05) is 0 Å². The predicted molar refractivity (Wildman–Crippen MR) is 77.4 cm³/mol. The molecule has 0 aromatic heterocycles. The summed E-state index contributed by atoms with van der Waals surface area (Å²) in [6.45, 7) is 0.981. The molecule has 0 radical (unpaired) electrons. The van der Waals surface area contributed by atoms with Crippen molar-refractivity contribution in [2.45, 2.75) is 31.4 Å². The van der Waals surface area contributed by atoms with Crippen LogP contribution in [0.15, 0.2) is 24.3 Å². The monoisotopic (exact) mass is 302 g/mol. The smallest absolute Gasteiger partial charge is 0.237 e. The molecule has 1 aromatic carbocycles. The minimum Gasteiger partial charge on any atom is -0.392 e. The first kappa shape index (κ1) is 16.9. The fraction of sp³-hybridized carbons (Fsp3) is 0.500. The van der Waals surface area contributed by atoms with Crippen molar-refractivity contribution in [2.75, 3.05) is 13.1 Å². The van der Waals surface area contributed by atoms with Gasteiger partial charge in [0, 0.05) is 13.1 Å². The van der Waals surface area contributed by atoms with E-state index in [1.54, 1.807) is 18.2 Å². The molecular formula is C14H20ClFN2O2. The molecule has 1 aliphatic rings. The van der Waals surface area contributed by atoms with E-state index < -0.39 is 6.10 Å². The molecule has 0 unspecified atom stereocenters. The average molecular weight is 303 g/mol. The van der Waals surface area contributed by atoms with Gasteiger partial charge in [0.1, 0.15) is 5.82 Å². The van der Waals surface area contributed by atoms with Crippen molar-refractivity contribution in [3.63, 3.8) is 0 Å². The van der Waals surface area contributed by atoms with Crippen LogP contribution in [0.2, 0.25) is 0 Å². The molecule has 0 aliphatic carbocycles. The van der Waals surface area contributed by atoms with Gasteiger partial charge in [-0.2, -0.15) is 0 Å². The van der Waals surface area contributed by atoms with Crippen LogP contribution in [0.4, 0.5) is 4.39 Å². The summed E-state index contributed by atoms with van der Waals surface area (Å²) in [7, 11) is 0. The summed E-state index contributed by atoms with van der Waals surface area (Å²) in [5, 5.41) is 15.1. The number of aliphatic hydroxyl groups is 1. The van der Waals surface area contributed by atoms with Crippen molar-refractivity contribution in [1.29, 1.82) is 0 Å². The number of nitrogens with one attached hydrogen (secondary N) is 2. The minimum absolute atomic E-state index is 0. The van der Waals surface area contributed by atoms with Crippen LogP contribution in [0.3, 0.4) is 0 Å². The first-order valence-corrected chi connectivity index (χ1v) is 6.59. The highest BCUT2D eigenvalue weighted by molar-refractivity contribution is 5.85. The summed E-state index contributed by atoms with van der Waals surface area (Å²) in [5.41, 5.74) is 0.672. The molecule has 0 saturated carbocycles. The van der Waals surface area contributed by atoms with Crippen molar-refractivity contribution in [3.05, 3.63) is 35.6 Å². The summed E-state index contributed by atoms with van der Waals surface area (Å²) < 4.78 is 13.3. The van der Waals surface area contributed by atoms with Gasteiger partial charge < -0.3 is 15.7 Å². The molecule has 112 valence electrons. The van der Waals surface area contributed by atoms with Gasteiger partial charge in [-0.1, -0.05) is 18.2 Å². The molecule has 20 heavy (non-hydrogen) atoms. The van der Waals surface area contributed by atoms with E-state index in [1.165, 1.54) is 6.07 Å². The minimum atomic E-state index is -0.436. The van der Waals surface area contributed by atoms with Crippen LogP contribution in [-0.2, 0) is 11.2 Å². The largest absolute Gasteiger partial charge is 0.392 e. The molecule has 2 rings (SSSR count). The third-order valence-corrected chi connectivity index (χ3v) is 3.30. The molecule has 1 amide bonds. The van der Waals surface area contributed by atoms with E-state index in [4.69, 9.17) is 0 Å². The van der Waals surface area contributed by atoms with Gasteiger partial charge in [0.15, 0.2) is 0 Å². The molecule has 3 N–H and O–H groups in total. The number of hydrogen-bond donors (Lipinski definition) is 3. The second-order valence-electron chi connectivity index (χ2n) is 4.84. The Bertz CT molecular complexity index is 445. The van der Waals surface area contributed by atoms with Crippen LogP contribution in [0.25, 0.3) is 0 Å². The van der Waals surface area contributed by atoms with E-state index >= 15 is 0 Å². The first-order chi connectivity index (χ1) is 9.16. The third-order valence-electron chi connectivity index (χ3n) is 3.30. The molecule has 1 fully saturated rings. The number of hydrogen-bond acceptors (Lipinski definition) is 3. The maximum absolute atomic E-state index is 13.3. The fourth-order valence-electron chi connectivity index (χ4n) is 2.23. The van der Waals surface area contributed by atoms with Crippen LogP contribution >= 0.6 is 12.4 Å². The van der Waals surface area contributed by atoms with Crippen molar-refractivity contribution in [2.24, 2.45) is 0 Å². The zero-order chi connectivity index (χ0) is 13.7. The van der Waals surface area contributed by atoms with Gasteiger partial charge in [0.05, 0.1) is 12.1 Å². The number of halogens is 2. The maximum Gasteiger partial charge on any atom is 0.237 e. The van der Waals surface area contributed by atoms with Crippen molar-refractivity contribution in [3.8, 4) is 0 Å². The zero-order valence-corrected chi connectivity index (χ0v) is 12.0. The second kappa shape index (κ2) is 8.19. The Labute approximate surface area is 124 Å². The highest BCUT2D eigenvalue weighted by Crippen LogP contribution is 2.09. The van der Waals surface area contributed by atoms with Crippen molar-refractivity contribution in [1.82, 2.24) is 10.6 Å². The zero-order valence-electron chi connectivity index (χ0n) is 11.1. The Morgan fingerprint density at radius 3 is 2.85 bits per heavy atom. The fourth-order valence-corrected chi connectivity index (χ4v) is 2.23. The van der Waals surface area contributed by atoms with E-state index in [0.717, 1.165) is 0 Å². The lowest BCUT2D eigenvalue weighted by atomic mass is 10.1. The third kappa shape index (κ3) is 4.74. The molecule has 1 aromatic rings. The van der Waals surface area contributed by atoms with Crippen LogP contribution in [0.1, 0.15) is 18.4 Å². The number of carbonyl (C=O) groups is 1. The van der Waals surface area contributed by atoms with Gasteiger partial charge in [0.25, 0.3) is 0 Å². The summed E-state index contributed by atoms with van der Waals surface area (Å²) in [4.78, 5) is 11.7. The second-order valence-corrected chi connectivity index (χ2v) is 4.84. The van der Waals surface area contributed by atoms with E-state index in [0.29, 0.717) is 37.9 Å². The highest BCUT2D eigenvalue weighted by atomic mass is 35.5. The Morgan fingerprint density at radius 1 is 1.45 bits per heavy atom. The number of rotatable bonds is 5. The van der Waals surface area contributed by atoms with E-state index in [9.17, 15) is 14.3 Å². The van der Waals surface area contributed by atoms with Crippen molar-refractivity contribution >= 4 is 18.3 Å². The van der Waals surface area contributed by atoms with E-state index in [2.05, 4.69) is 10.6 Å². The van der Waals surface area contributed by atoms with Gasteiger partial charge in [-0.25, -0.2) is 4.39 Å². The highest BCUT2D eigenvalue weighted by Gasteiger charge is 2.27. The molecule has 1 aliphatic heterocycles. The lowest BCUT2D eigenvalue weighted by Gasteiger charge is -2.11. The molecule has 1 saturated heterocycles. The van der Waals surface area contributed by atoms with Gasteiger partial charge in [-0.3, -0.25) is 4.79 Å². The normalized spacial score (nSPS) is 21.3. The Morgan fingerprint density at radius 2 is 2.20 bits per heavy atom. The van der Waals surface area contributed by atoms with Crippen LogP contribution in [0, 0.1) is 5.82 Å². The molecule has 0 spiro atoms. The summed E-state index contributed by atoms with van der Waals surface area (Å²) in [6.07, 6.45) is 1.32. The van der Waals surface area contributed by atoms with Crippen LogP contribution in [0.5, 0.6) is 0 Å². The number of benzene rings is 1. The first-order valence-electron chi connectivity index (χ1n) is 6.59. The molecule has 2 atom stereocenters. The molecule has 1 heterocycles. The molecule has 4 nitrogen and oxygen atoms in total. The Hall–Kier alpha value is -1.17. The average Bonchev–Trinajstić information content (AvgIpc) is 2.83. The van der Waals surface area contributed by atoms with Gasteiger partial charge in [-0.05, 0) is 30.9 Å². The van der Waals surface area contributed by atoms with Gasteiger partial charge in [0.2, 0.25) is 5.91 Å². The number of amides is 1. The Balaban J connectivity index is 0.00000200. The summed E-state index contributed by atoms with van der Waals surface area (Å²) >= 11 is 0.